The normalized spacial score (nSPS) is 27.1. The molecule has 0 N–H and O–H groups in total. The van der Waals surface area contributed by atoms with Crippen molar-refractivity contribution in [2.45, 2.75) is 45.2 Å². The molecule has 0 bridgehead atoms. The number of hydrogen-bond donors (Lipinski definition) is 0. The van der Waals surface area contributed by atoms with Gasteiger partial charge in [-0.15, -0.1) is 0 Å². The number of nitrogens with zero attached hydrogens (tertiary/aromatic N) is 2. The molecule has 2 saturated heterocycles. The van der Waals surface area contributed by atoms with Crippen LogP contribution in [0.2, 0.25) is 0 Å². The van der Waals surface area contributed by atoms with Crippen molar-refractivity contribution in [1.29, 1.82) is 0 Å². The van der Waals surface area contributed by atoms with Gasteiger partial charge in [0, 0.05) is 18.8 Å². The zero-order chi connectivity index (χ0) is 14.9. The van der Waals surface area contributed by atoms with E-state index in [1.807, 2.05) is 6.92 Å². The van der Waals surface area contributed by atoms with Gasteiger partial charge in [0.2, 0.25) is 11.8 Å². The molecule has 0 aromatic heterocycles. The fourth-order valence-electron chi connectivity index (χ4n) is 3.00. The highest BCUT2D eigenvalue weighted by Crippen LogP contribution is 2.27. The maximum atomic E-state index is 12.5. The van der Waals surface area contributed by atoms with E-state index in [0.29, 0.717) is 19.4 Å². The summed E-state index contributed by atoms with van der Waals surface area (Å²) in [7, 11) is -3.13. The molecule has 2 rings (SSSR count). The Bertz CT molecular complexity index is 503. The molecule has 2 aliphatic rings. The molecule has 2 heterocycles. The minimum Gasteiger partial charge on any atom is -0.329 e. The van der Waals surface area contributed by atoms with Crippen LogP contribution in [-0.4, -0.2) is 66.7 Å². The summed E-state index contributed by atoms with van der Waals surface area (Å²) in [5.74, 6) is -0.107. The maximum Gasteiger partial charge on any atom is 0.246 e. The monoisotopic (exact) mass is 302 g/mol. The Morgan fingerprint density at radius 1 is 1.20 bits per heavy atom. The molecule has 6 nitrogen and oxygen atoms in total. The van der Waals surface area contributed by atoms with Gasteiger partial charge < -0.3 is 9.80 Å². The predicted molar refractivity (Wildman–Crippen MR) is 74.9 cm³/mol. The van der Waals surface area contributed by atoms with E-state index in [9.17, 15) is 18.0 Å². The quantitative estimate of drug-likeness (QED) is 0.718. The fourth-order valence-corrected chi connectivity index (χ4v) is 3.76. The molecule has 2 fully saturated rings. The summed E-state index contributed by atoms with van der Waals surface area (Å²) in [6.07, 6.45) is 2.07. The number of rotatable bonds is 5. The Morgan fingerprint density at radius 3 is 2.50 bits per heavy atom. The van der Waals surface area contributed by atoms with E-state index in [1.165, 1.54) is 4.90 Å². The smallest absolute Gasteiger partial charge is 0.246 e. The second kappa shape index (κ2) is 5.71. The number of piperazine rings is 1. The van der Waals surface area contributed by atoms with Crippen molar-refractivity contribution in [3.8, 4) is 0 Å². The lowest BCUT2D eigenvalue weighted by Crippen LogP contribution is -2.63. The van der Waals surface area contributed by atoms with E-state index in [0.717, 1.165) is 6.42 Å². The van der Waals surface area contributed by atoms with E-state index in [2.05, 4.69) is 0 Å². The van der Waals surface area contributed by atoms with E-state index >= 15 is 0 Å². The van der Waals surface area contributed by atoms with Crippen LogP contribution in [-0.2, 0) is 19.4 Å². The molecule has 114 valence electrons. The van der Waals surface area contributed by atoms with Crippen LogP contribution < -0.4 is 0 Å². The molecule has 2 amide bonds. The number of fused-ring (bicyclic) bond motifs is 1. The molecule has 20 heavy (non-hydrogen) atoms. The average molecular weight is 302 g/mol. The van der Waals surface area contributed by atoms with E-state index in [1.54, 1.807) is 11.8 Å². The summed E-state index contributed by atoms with van der Waals surface area (Å²) in [4.78, 5) is 28.0. The van der Waals surface area contributed by atoms with Gasteiger partial charge >= 0.3 is 0 Å². The molecule has 0 spiro atoms. The molecule has 7 heteroatoms. The first-order chi connectivity index (χ1) is 9.41. The number of sulfone groups is 1. The van der Waals surface area contributed by atoms with Gasteiger partial charge in [-0.3, -0.25) is 9.59 Å². The third-order valence-corrected chi connectivity index (χ3v) is 5.92. The van der Waals surface area contributed by atoms with Crippen LogP contribution in [0.1, 0.15) is 33.1 Å². The first-order valence-corrected chi connectivity index (χ1v) is 9.04. The summed E-state index contributed by atoms with van der Waals surface area (Å²) in [6, 6.07) is -0.862. The van der Waals surface area contributed by atoms with E-state index < -0.39 is 15.9 Å². The zero-order valence-corrected chi connectivity index (χ0v) is 12.9. The largest absolute Gasteiger partial charge is 0.329 e. The van der Waals surface area contributed by atoms with Crippen LogP contribution in [0.5, 0.6) is 0 Å². The number of carbonyl (C=O) groups excluding carboxylic acids is 2. The number of hydrogen-bond acceptors (Lipinski definition) is 4. The lowest BCUT2D eigenvalue weighted by Gasteiger charge is -2.42. The van der Waals surface area contributed by atoms with Crippen LogP contribution in [0.4, 0.5) is 0 Å². The Kier molecular flexibility index (Phi) is 4.36. The summed E-state index contributed by atoms with van der Waals surface area (Å²) in [5, 5.41) is 0. The van der Waals surface area contributed by atoms with Gasteiger partial charge in [0.05, 0.1) is 5.75 Å². The van der Waals surface area contributed by atoms with Crippen molar-refractivity contribution in [2.75, 3.05) is 24.6 Å². The summed E-state index contributed by atoms with van der Waals surface area (Å²) < 4.78 is 23.2. The van der Waals surface area contributed by atoms with E-state index in [4.69, 9.17) is 0 Å². The van der Waals surface area contributed by atoms with Crippen LogP contribution in [0.15, 0.2) is 0 Å². The second-order valence-electron chi connectivity index (χ2n) is 5.38. The summed E-state index contributed by atoms with van der Waals surface area (Å²) in [5.41, 5.74) is 0. The van der Waals surface area contributed by atoms with Gasteiger partial charge in [-0.25, -0.2) is 8.42 Å². The second-order valence-corrected chi connectivity index (χ2v) is 7.85. The molecule has 2 aliphatic heterocycles. The standard InChI is InChI=1S/C13H22N2O4S/c1-3-10-12(16)14-7-5-6-11(14)13(17)15(10)8-9-20(18,19)4-2/h10-11H,3-9H2,1-2H3. The number of carbonyl (C=O) groups is 2. The summed E-state index contributed by atoms with van der Waals surface area (Å²) >= 11 is 0. The van der Waals surface area contributed by atoms with Gasteiger partial charge in [-0.1, -0.05) is 13.8 Å². The topological polar surface area (TPSA) is 74.8 Å². The van der Waals surface area contributed by atoms with Gasteiger partial charge in [0.1, 0.15) is 12.1 Å². The molecule has 2 unspecified atom stereocenters. The predicted octanol–water partition coefficient (Wildman–Crippen LogP) is 0.0329. The molecule has 0 aliphatic carbocycles. The minimum atomic E-state index is -3.13. The SMILES string of the molecule is CCC1C(=O)N2CCCC2C(=O)N1CCS(=O)(=O)CC. The third-order valence-electron chi connectivity index (χ3n) is 4.24. The highest BCUT2D eigenvalue weighted by Gasteiger charge is 2.46. The van der Waals surface area contributed by atoms with Crippen molar-refractivity contribution in [3.63, 3.8) is 0 Å². The Morgan fingerprint density at radius 2 is 1.90 bits per heavy atom. The average Bonchev–Trinajstić information content (AvgIpc) is 2.91. The third kappa shape index (κ3) is 2.68. The number of amides is 2. The molecular weight excluding hydrogens is 280 g/mol. The minimum absolute atomic E-state index is 0.0245. The first-order valence-electron chi connectivity index (χ1n) is 7.22. The van der Waals surface area contributed by atoms with Crippen LogP contribution in [0.25, 0.3) is 0 Å². The highest BCUT2D eigenvalue weighted by molar-refractivity contribution is 7.91. The fraction of sp³-hybridized carbons (Fsp3) is 0.846. The molecule has 0 saturated carbocycles. The van der Waals surface area contributed by atoms with Gasteiger partial charge in [-0.2, -0.15) is 0 Å². The van der Waals surface area contributed by atoms with Crippen LogP contribution >= 0.6 is 0 Å². The van der Waals surface area contributed by atoms with Gasteiger partial charge in [-0.05, 0) is 19.3 Å². The lowest BCUT2D eigenvalue weighted by atomic mass is 10.0. The first kappa shape index (κ1) is 15.3. The van der Waals surface area contributed by atoms with Crippen molar-refractivity contribution < 1.29 is 18.0 Å². The maximum absolute atomic E-state index is 12.5. The molecule has 0 aromatic carbocycles. The molecule has 0 radical (unpaired) electrons. The van der Waals surface area contributed by atoms with Gasteiger partial charge in [0.15, 0.2) is 9.84 Å². The van der Waals surface area contributed by atoms with Gasteiger partial charge in [0.25, 0.3) is 0 Å². The zero-order valence-electron chi connectivity index (χ0n) is 12.0. The van der Waals surface area contributed by atoms with Crippen LogP contribution in [0.3, 0.4) is 0 Å². The molecule has 0 aromatic rings. The lowest BCUT2D eigenvalue weighted by molar-refractivity contribution is -0.159. The molecular formula is C13H22N2O4S. The van der Waals surface area contributed by atoms with Crippen LogP contribution in [0, 0.1) is 0 Å². The van der Waals surface area contributed by atoms with Crippen molar-refractivity contribution in [1.82, 2.24) is 9.80 Å². The molecule has 2 atom stereocenters. The Labute approximate surface area is 120 Å². The Balaban J connectivity index is 2.16. The van der Waals surface area contributed by atoms with Crippen molar-refractivity contribution in [3.05, 3.63) is 0 Å². The van der Waals surface area contributed by atoms with Crippen molar-refractivity contribution in [2.24, 2.45) is 0 Å². The highest BCUT2D eigenvalue weighted by atomic mass is 32.2. The summed E-state index contributed by atoms with van der Waals surface area (Å²) in [6.45, 7) is 4.22. The van der Waals surface area contributed by atoms with E-state index in [-0.39, 0.29) is 35.9 Å². The Hall–Kier alpha value is -1.11. The van der Waals surface area contributed by atoms with Crippen molar-refractivity contribution >= 4 is 21.7 Å².